The third kappa shape index (κ3) is 2.61. The van der Waals surface area contributed by atoms with Gasteiger partial charge >= 0.3 is 5.97 Å². The van der Waals surface area contributed by atoms with Gasteiger partial charge in [0.1, 0.15) is 5.82 Å². The van der Waals surface area contributed by atoms with Gasteiger partial charge in [-0.15, -0.1) is 0 Å². The van der Waals surface area contributed by atoms with Gasteiger partial charge in [0.15, 0.2) is 0 Å². The van der Waals surface area contributed by atoms with Crippen molar-refractivity contribution in [3.8, 4) is 0 Å². The summed E-state index contributed by atoms with van der Waals surface area (Å²) >= 11 is 3.24. The molecule has 3 nitrogen and oxygen atoms in total. The minimum absolute atomic E-state index is 0.0649. The van der Waals surface area contributed by atoms with Crippen molar-refractivity contribution in [1.82, 2.24) is 4.98 Å². The maximum Gasteiger partial charge on any atom is 0.336 e. The molecule has 0 bridgehead atoms. The Morgan fingerprint density at radius 2 is 1.95 bits per heavy atom. The summed E-state index contributed by atoms with van der Waals surface area (Å²) in [5.74, 6) is -1.58. The first-order valence-corrected chi connectivity index (χ1v) is 6.53. The molecular weight excluding hydrogens is 313 g/mol. The first kappa shape index (κ1) is 13.9. The summed E-state index contributed by atoms with van der Waals surface area (Å²) in [7, 11) is 0. The second kappa shape index (κ2) is 4.56. The van der Waals surface area contributed by atoms with E-state index in [9.17, 15) is 14.3 Å². The van der Waals surface area contributed by atoms with Crippen LogP contribution in [0, 0.1) is 5.82 Å². The van der Waals surface area contributed by atoms with Crippen LogP contribution in [0.15, 0.2) is 22.7 Å². The number of aromatic carboxylic acids is 1. The van der Waals surface area contributed by atoms with Crippen LogP contribution in [-0.2, 0) is 5.41 Å². The number of aromatic nitrogens is 1. The van der Waals surface area contributed by atoms with Crippen LogP contribution < -0.4 is 0 Å². The van der Waals surface area contributed by atoms with Crippen molar-refractivity contribution in [3.63, 3.8) is 0 Å². The zero-order chi connectivity index (χ0) is 14.4. The molecule has 0 fully saturated rings. The number of benzene rings is 1. The number of rotatable bonds is 1. The smallest absolute Gasteiger partial charge is 0.336 e. The lowest BCUT2D eigenvalue weighted by Crippen LogP contribution is -2.15. The molecule has 1 N–H and O–H groups in total. The zero-order valence-electron chi connectivity index (χ0n) is 10.8. The van der Waals surface area contributed by atoms with Crippen molar-refractivity contribution in [2.75, 3.05) is 0 Å². The highest BCUT2D eigenvalue weighted by atomic mass is 79.9. The largest absolute Gasteiger partial charge is 0.478 e. The fraction of sp³-hybridized carbons (Fsp3) is 0.286. The van der Waals surface area contributed by atoms with E-state index < -0.39 is 11.8 Å². The standard InChI is InChI=1S/C14H13BrFNO2/c1-14(2,3)11-6-9(13(18)19)8-4-7(16)5-10(15)12(8)17-11/h4-6H,1-3H3,(H,18,19). The number of carboxylic acids is 1. The van der Waals surface area contributed by atoms with Gasteiger partial charge in [-0.1, -0.05) is 20.8 Å². The summed E-state index contributed by atoms with van der Waals surface area (Å²) in [4.78, 5) is 15.8. The van der Waals surface area contributed by atoms with Gasteiger partial charge in [-0.3, -0.25) is 4.98 Å². The van der Waals surface area contributed by atoms with Gasteiger partial charge in [-0.25, -0.2) is 9.18 Å². The minimum Gasteiger partial charge on any atom is -0.478 e. The monoisotopic (exact) mass is 325 g/mol. The molecule has 0 saturated heterocycles. The SMILES string of the molecule is CC(C)(C)c1cc(C(=O)O)c2cc(F)cc(Br)c2n1. The molecule has 0 aliphatic carbocycles. The molecule has 0 aliphatic rings. The summed E-state index contributed by atoms with van der Waals surface area (Å²) in [6, 6.07) is 3.99. The molecule has 5 heteroatoms. The van der Waals surface area contributed by atoms with E-state index in [4.69, 9.17) is 0 Å². The fourth-order valence-corrected chi connectivity index (χ4v) is 2.33. The first-order valence-electron chi connectivity index (χ1n) is 5.73. The Hall–Kier alpha value is -1.49. The molecule has 0 unspecified atom stereocenters. The predicted molar refractivity (Wildman–Crippen MR) is 75.1 cm³/mol. The van der Waals surface area contributed by atoms with Gasteiger partial charge in [-0.2, -0.15) is 0 Å². The maximum atomic E-state index is 13.4. The van der Waals surface area contributed by atoms with Gasteiger partial charge in [0.25, 0.3) is 0 Å². The zero-order valence-corrected chi connectivity index (χ0v) is 12.4. The second-order valence-electron chi connectivity index (χ2n) is 5.39. The summed E-state index contributed by atoms with van der Waals surface area (Å²) in [6.07, 6.45) is 0. The summed E-state index contributed by atoms with van der Waals surface area (Å²) < 4.78 is 13.9. The number of carboxylic acid groups (broad SMARTS) is 1. The molecule has 0 atom stereocenters. The third-order valence-electron chi connectivity index (χ3n) is 2.83. The molecule has 100 valence electrons. The Bertz CT molecular complexity index is 677. The van der Waals surface area contributed by atoms with Gasteiger partial charge in [-0.05, 0) is 34.1 Å². The number of hydrogen-bond donors (Lipinski definition) is 1. The Morgan fingerprint density at radius 3 is 2.47 bits per heavy atom. The number of fused-ring (bicyclic) bond motifs is 1. The molecule has 1 aromatic heterocycles. The first-order chi connectivity index (χ1) is 8.70. The summed E-state index contributed by atoms with van der Waals surface area (Å²) in [5, 5.41) is 9.59. The van der Waals surface area contributed by atoms with E-state index in [0.717, 1.165) is 0 Å². The number of nitrogens with zero attached hydrogens (tertiary/aromatic N) is 1. The van der Waals surface area contributed by atoms with Crippen molar-refractivity contribution in [2.24, 2.45) is 0 Å². The molecule has 0 saturated carbocycles. The van der Waals surface area contributed by atoms with Crippen LogP contribution in [0.4, 0.5) is 4.39 Å². The van der Waals surface area contributed by atoms with Gasteiger partial charge in [0, 0.05) is 21.0 Å². The van der Waals surface area contributed by atoms with Crippen molar-refractivity contribution < 1.29 is 14.3 Å². The van der Waals surface area contributed by atoms with Crippen LogP contribution >= 0.6 is 15.9 Å². The Kier molecular flexibility index (Phi) is 3.34. The quantitative estimate of drug-likeness (QED) is 0.857. The fourth-order valence-electron chi connectivity index (χ4n) is 1.81. The minimum atomic E-state index is -1.09. The van der Waals surface area contributed by atoms with Crippen LogP contribution in [0.25, 0.3) is 10.9 Å². The second-order valence-corrected chi connectivity index (χ2v) is 6.25. The van der Waals surface area contributed by atoms with Crippen LogP contribution in [0.1, 0.15) is 36.8 Å². The van der Waals surface area contributed by atoms with E-state index in [2.05, 4.69) is 20.9 Å². The third-order valence-corrected chi connectivity index (χ3v) is 3.43. The van der Waals surface area contributed by atoms with Gasteiger partial charge in [0.2, 0.25) is 0 Å². The topological polar surface area (TPSA) is 50.2 Å². The van der Waals surface area contributed by atoms with E-state index >= 15 is 0 Å². The molecule has 0 radical (unpaired) electrons. The molecule has 1 aromatic carbocycles. The van der Waals surface area contributed by atoms with Gasteiger partial charge < -0.3 is 5.11 Å². The van der Waals surface area contributed by atoms with Crippen LogP contribution in [0.3, 0.4) is 0 Å². The van der Waals surface area contributed by atoms with Crippen LogP contribution in [0.2, 0.25) is 0 Å². The number of halogens is 2. The molecule has 0 aliphatic heterocycles. The average Bonchev–Trinajstić information content (AvgIpc) is 2.25. The van der Waals surface area contributed by atoms with Crippen molar-refractivity contribution in [3.05, 3.63) is 39.7 Å². The number of pyridine rings is 1. The number of carbonyl (C=O) groups is 1. The normalized spacial score (nSPS) is 11.8. The average molecular weight is 326 g/mol. The predicted octanol–water partition coefficient (Wildman–Crippen LogP) is 4.13. The molecule has 2 rings (SSSR count). The lowest BCUT2D eigenvalue weighted by molar-refractivity contribution is 0.0699. The molecule has 0 amide bonds. The molecule has 1 heterocycles. The highest BCUT2D eigenvalue weighted by molar-refractivity contribution is 9.10. The van der Waals surface area contributed by atoms with E-state index in [-0.39, 0.29) is 11.0 Å². The van der Waals surface area contributed by atoms with Crippen molar-refractivity contribution >= 4 is 32.8 Å². The summed E-state index contributed by atoms with van der Waals surface area (Å²) in [5.41, 5.74) is 0.901. The molecular formula is C14H13BrFNO2. The number of hydrogen-bond acceptors (Lipinski definition) is 2. The van der Waals surface area contributed by atoms with Gasteiger partial charge in [0.05, 0.1) is 11.1 Å². The Morgan fingerprint density at radius 1 is 1.32 bits per heavy atom. The Labute approximate surface area is 118 Å². The Balaban J connectivity index is 2.92. The van der Waals surface area contributed by atoms with E-state index in [1.54, 1.807) is 0 Å². The van der Waals surface area contributed by atoms with E-state index in [1.165, 1.54) is 18.2 Å². The highest BCUT2D eigenvalue weighted by Gasteiger charge is 2.21. The maximum absolute atomic E-state index is 13.4. The van der Waals surface area contributed by atoms with E-state index in [0.29, 0.717) is 21.1 Å². The summed E-state index contributed by atoms with van der Waals surface area (Å²) in [6.45, 7) is 5.85. The lowest BCUT2D eigenvalue weighted by Gasteiger charge is -2.19. The van der Waals surface area contributed by atoms with Crippen molar-refractivity contribution in [2.45, 2.75) is 26.2 Å². The highest BCUT2D eigenvalue weighted by Crippen LogP contribution is 2.30. The molecule has 0 spiro atoms. The molecule has 2 aromatic rings. The van der Waals surface area contributed by atoms with Crippen molar-refractivity contribution in [1.29, 1.82) is 0 Å². The van der Waals surface area contributed by atoms with E-state index in [1.807, 2.05) is 20.8 Å². The molecule has 19 heavy (non-hydrogen) atoms. The van der Waals surface area contributed by atoms with Crippen LogP contribution in [-0.4, -0.2) is 16.1 Å². The lowest BCUT2D eigenvalue weighted by atomic mass is 9.90. The van der Waals surface area contributed by atoms with Crippen LogP contribution in [0.5, 0.6) is 0 Å².